The van der Waals surface area contributed by atoms with Crippen LogP contribution in [0.25, 0.3) is 0 Å². The zero-order chi connectivity index (χ0) is 32.4. The zero-order valence-electron chi connectivity index (χ0n) is 26.2. The van der Waals surface area contributed by atoms with Crippen LogP contribution in [0.3, 0.4) is 0 Å². The van der Waals surface area contributed by atoms with E-state index in [0.717, 1.165) is 32.1 Å². The second kappa shape index (κ2) is 12.9. The van der Waals surface area contributed by atoms with Gasteiger partial charge in [0.25, 0.3) is 5.91 Å². The van der Waals surface area contributed by atoms with E-state index >= 15 is 0 Å². The van der Waals surface area contributed by atoms with Crippen molar-refractivity contribution in [3.05, 3.63) is 54.1 Å². The minimum absolute atomic E-state index is 0.00794. The van der Waals surface area contributed by atoms with Gasteiger partial charge in [0.15, 0.2) is 5.78 Å². The highest BCUT2D eigenvalue weighted by Crippen LogP contribution is 2.42. The SMILES string of the molecule is COC(=O)[C@@H]1CC2(CC(=O)c3ccccc3O2)CN1C(=O)C(NC(=O)[C@@H](NC(=O)c1cnccn1)C1CCCCC1)C(C)(C)C. The van der Waals surface area contributed by atoms with E-state index in [1.165, 1.54) is 30.6 Å². The maximum absolute atomic E-state index is 14.4. The first-order chi connectivity index (χ1) is 21.4. The molecule has 0 radical (unpaired) electrons. The van der Waals surface area contributed by atoms with Gasteiger partial charge in [-0.2, -0.15) is 0 Å². The summed E-state index contributed by atoms with van der Waals surface area (Å²) in [5, 5.41) is 5.80. The summed E-state index contributed by atoms with van der Waals surface area (Å²) in [5.74, 6) is -2.01. The number of nitrogens with zero attached hydrogens (tertiary/aromatic N) is 3. The molecule has 1 spiro atoms. The number of amides is 3. The molecule has 3 amide bonds. The lowest BCUT2D eigenvalue weighted by atomic mass is 9.82. The van der Waals surface area contributed by atoms with Crippen molar-refractivity contribution in [2.75, 3.05) is 13.7 Å². The van der Waals surface area contributed by atoms with Gasteiger partial charge >= 0.3 is 5.97 Å². The van der Waals surface area contributed by atoms with Gasteiger partial charge in [-0.25, -0.2) is 9.78 Å². The fraction of sp³-hybridized carbons (Fsp3) is 0.545. The van der Waals surface area contributed by atoms with Crippen LogP contribution >= 0.6 is 0 Å². The Hall–Kier alpha value is -4.35. The summed E-state index contributed by atoms with van der Waals surface area (Å²) in [6.07, 6.45) is 8.65. The van der Waals surface area contributed by atoms with Crippen molar-refractivity contribution in [3.8, 4) is 5.75 Å². The molecule has 2 unspecified atom stereocenters. The van der Waals surface area contributed by atoms with E-state index in [4.69, 9.17) is 9.47 Å². The summed E-state index contributed by atoms with van der Waals surface area (Å²) in [5.41, 5.74) is -1.37. The van der Waals surface area contributed by atoms with Crippen molar-refractivity contribution in [2.24, 2.45) is 11.3 Å². The van der Waals surface area contributed by atoms with Crippen LogP contribution in [0.4, 0.5) is 0 Å². The lowest BCUT2D eigenvalue weighted by Gasteiger charge is -2.38. The molecule has 1 aromatic heterocycles. The first-order valence-electron chi connectivity index (χ1n) is 15.5. The van der Waals surface area contributed by atoms with Crippen LogP contribution in [0, 0.1) is 11.3 Å². The Labute approximate surface area is 262 Å². The lowest BCUT2D eigenvalue weighted by molar-refractivity contribution is -0.153. The fourth-order valence-electron chi connectivity index (χ4n) is 6.71. The van der Waals surface area contributed by atoms with Gasteiger partial charge in [-0.05, 0) is 36.3 Å². The van der Waals surface area contributed by atoms with Gasteiger partial charge in [-0.15, -0.1) is 0 Å². The number of hydrogen-bond donors (Lipinski definition) is 2. The molecule has 4 atom stereocenters. The third-order valence-electron chi connectivity index (χ3n) is 9.04. The number of Topliss-reactive ketones (excluding diaryl/α,β-unsaturated/α-hetero) is 1. The van der Waals surface area contributed by atoms with Gasteiger partial charge in [0, 0.05) is 18.8 Å². The number of fused-ring (bicyclic) bond motifs is 1. The number of ether oxygens (including phenoxy) is 2. The number of carbonyl (C=O) groups excluding carboxylic acids is 5. The lowest BCUT2D eigenvalue weighted by Crippen LogP contribution is -2.61. The monoisotopic (exact) mass is 619 g/mol. The Balaban J connectivity index is 1.41. The molecule has 1 saturated heterocycles. The van der Waals surface area contributed by atoms with E-state index < -0.39 is 52.8 Å². The Morgan fingerprint density at radius 3 is 2.47 bits per heavy atom. The van der Waals surface area contributed by atoms with Gasteiger partial charge in [-0.1, -0.05) is 52.2 Å². The standard InChI is InChI=1S/C33H41N5O7/c1-32(2,3)27(37-29(41)26(20-10-6-5-7-11-20)36-28(40)22-18-34-14-15-35-22)30(42)38-19-33(16-23(38)31(43)44-4)17-24(39)21-12-8-9-13-25(21)45-33/h8-9,12-15,18,20,23,26-27H,5-7,10-11,16-17,19H2,1-4H3,(H,36,40)(H,37,41)/t23-,26-,27?,33?/m0/s1. The van der Waals surface area contributed by atoms with Crippen molar-refractivity contribution in [1.29, 1.82) is 0 Å². The molecule has 12 nitrogen and oxygen atoms in total. The summed E-state index contributed by atoms with van der Waals surface area (Å²) >= 11 is 0. The maximum Gasteiger partial charge on any atom is 0.328 e. The van der Waals surface area contributed by atoms with Crippen LogP contribution in [0.5, 0.6) is 5.75 Å². The number of nitrogens with one attached hydrogen (secondary N) is 2. The quantitative estimate of drug-likeness (QED) is 0.445. The Kier molecular flexibility index (Phi) is 9.22. The van der Waals surface area contributed by atoms with Crippen LogP contribution in [0.1, 0.15) is 86.6 Å². The normalized spacial score (nSPS) is 23.0. The molecule has 2 N–H and O–H groups in total. The summed E-state index contributed by atoms with van der Waals surface area (Å²) < 4.78 is 11.4. The minimum Gasteiger partial charge on any atom is -0.484 e. The first-order valence-corrected chi connectivity index (χ1v) is 15.5. The second-order valence-corrected chi connectivity index (χ2v) is 13.3. The highest BCUT2D eigenvalue weighted by molar-refractivity contribution is 6.01. The fourth-order valence-corrected chi connectivity index (χ4v) is 6.71. The number of aromatic nitrogens is 2. The minimum atomic E-state index is -1.12. The number of esters is 1. The molecule has 2 aromatic rings. The first kappa shape index (κ1) is 32.1. The Bertz CT molecular complexity index is 1450. The number of ketones is 1. The van der Waals surface area contributed by atoms with Gasteiger partial charge in [0.2, 0.25) is 11.8 Å². The summed E-state index contributed by atoms with van der Waals surface area (Å²) in [4.78, 5) is 77.1. The maximum atomic E-state index is 14.4. The van der Waals surface area contributed by atoms with E-state index in [1.807, 2.05) is 20.8 Å². The molecule has 2 aliphatic heterocycles. The van der Waals surface area contributed by atoms with Gasteiger partial charge in [0.05, 0.1) is 31.8 Å². The Morgan fingerprint density at radius 1 is 1.07 bits per heavy atom. The Morgan fingerprint density at radius 2 is 1.80 bits per heavy atom. The van der Waals surface area contributed by atoms with E-state index in [9.17, 15) is 24.0 Å². The number of rotatable bonds is 7. The molecule has 1 saturated carbocycles. The molecule has 5 rings (SSSR count). The summed E-state index contributed by atoms with van der Waals surface area (Å²) in [6.45, 7) is 5.42. The van der Waals surface area contributed by atoms with Crippen molar-refractivity contribution in [1.82, 2.24) is 25.5 Å². The molecule has 2 fully saturated rings. The van der Waals surface area contributed by atoms with Crippen LogP contribution in [-0.4, -0.2) is 81.7 Å². The number of hydrogen-bond acceptors (Lipinski definition) is 9. The molecule has 1 aromatic carbocycles. The van der Waals surface area contributed by atoms with Crippen LogP contribution < -0.4 is 15.4 Å². The van der Waals surface area contributed by atoms with Crippen LogP contribution in [0.2, 0.25) is 0 Å². The number of benzene rings is 1. The predicted octanol–water partition coefficient (Wildman–Crippen LogP) is 2.86. The third-order valence-corrected chi connectivity index (χ3v) is 9.04. The van der Waals surface area contributed by atoms with Crippen molar-refractivity contribution >= 4 is 29.5 Å². The molecule has 240 valence electrons. The third kappa shape index (κ3) is 6.84. The second-order valence-electron chi connectivity index (χ2n) is 13.3. The highest BCUT2D eigenvalue weighted by Gasteiger charge is 2.55. The van der Waals surface area contributed by atoms with Crippen LogP contribution in [-0.2, 0) is 19.1 Å². The largest absolute Gasteiger partial charge is 0.484 e. The molecule has 45 heavy (non-hydrogen) atoms. The van der Waals surface area contributed by atoms with E-state index in [1.54, 1.807) is 24.3 Å². The average molecular weight is 620 g/mol. The molecule has 1 aliphatic carbocycles. The van der Waals surface area contributed by atoms with Crippen molar-refractivity contribution in [3.63, 3.8) is 0 Å². The van der Waals surface area contributed by atoms with Gasteiger partial charge < -0.3 is 25.0 Å². The molecule has 3 heterocycles. The van der Waals surface area contributed by atoms with Crippen LogP contribution in [0.15, 0.2) is 42.9 Å². The summed E-state index contributed by atoms with van der Waals surface area (Å²) in [6, 6.07) is 3.91. The highest BCUT2D eigenvalue weighted by atomic mass is 16.5. The summed E-state index contributed by atoms with van der Waals surface area (Å²) in [7, 11) is 1.25. The smallest absolute Gasteiger partial charge is 0.328 e. The van der Waals surface area contributed by atoms with Gasteiger partial charge in [-0.3, -0.25) is 24.2 Å². The van der Waals surface area contributed by atoms with Crippen molar-refractivity contribution < 1.29 is 33.4 Å². The zero-order valence-corrected chi connectivity index (χ0v) is 26.2. The van der Waals surface area contributed by atoms with E-state index in [2.05, 4.69) is 20.6 Å². The van der Waals surface area contributed by atoms with E-state index in [-0.39, 0.29) is 36.8 Å². The van der Waals surface area contributed by atoms with Crippen molar-refractivity contribution in [2.45, 2.75) is 89.4 Å². The number of likely N-dealkylation sites (tertiary alicyclic amines) is 1. The predicted molar refractivity (Wildman–Crippen MR) is 162 cm³/mol. The molecule has 0 bridgehead atoms. The molecule has 12 heteroatoms. The number of methoxy groups -OCH3 is 1. The molecule has 3 aliphatic rings. The van der Waals surface area contributed by atoms with Gasteiger partial charge in [0.1, 0.15) is 35.2 Å². The average Bonchev–Trinajstić information content (AvgIpc) is 3.40. The topological polar surface area (TPSA) is 157 Å². The number of para-hydroxylation sites is 1. The molecular formula is C33H41N5O7. The van der Waals surface area contributed by atoms with E-state index in [0.29, 0.717) is 11.3 Å². The number of carbonyl (C=O) groups is 5. The molecular weight excluding hydrogens is 578 g/mol.